The summed E-state index contributed by atoms with van der Waals surface area (Å²) in [5.74, 6) is 3.16. The van der Waals surface area contributed by atoms with E-state index in [1.807, 2.05) is 0 Å². The van der Waals surface area contributed by atoms with E-state index in [4.69, 9.17) is 5.84 Å². The van der Waals surface area contributed by atoms with E-state index in [0.29, 0.717) is 11.4 Å². The number of hydrogen-bond acceptors (Lipinski definition) is 4. The summed E-state index contributed by atoms with van der Waals surface area (Å²) in [6.45, 7) is 0.533. The van der Waals surface area contributed by atoms with Crippen molar-refractivity contribution in [2.45, 2.75) is 12.3 Å². The molecule has 0 aromatic rings. The Balaban J connectivity index is 2.69. The van der Waals surface area contributed by atoms with Crippen LogP contribution in [-0.2, 0) is 4.79 Å². The van der Waals surface area contributed by atoms with Crippen molar-refractivity contribution in [3.63, 3.8) is 0 Å². The van der Waals surface area contributed by atoms with Gasteiger partial charge in [-0.15, -0.1) is 0 Å². The van der Waals surface area contributed by atoms with Crippen LogP contribution in [0.5, 0.6) is 0 Å². The third-order valence-electron chi connectivity index (χ3n) is 1.94. The lowest BCUT2D eigenvalue weighted by Crippen LogP contribution is -2.63. The van der Waals surface area contributed by atoms with Crippen molar-refractivity contribution in [3.8, 4) is 0 Å². The Labute approximate surface area is 78.4 Å². The van der Waals surface area contributed by atoms with Crippen LogP contribution in [0.3, 0.4) is 0 Å². The molecule has 4 N–H and O–H groups in total. The van der Waals surface area contributed by atoms with Gasteiger partial charge >= 0.3 is 12.1 Å². The maximum Gasteiger partial charge on any atom is 0.471 e. The number of nitrogens with two attached hydrogens (primary N) is 1. The number of rotatable bonds is 1. The molecule has 0 spiro atoms. The molecule has 1 saturated heterocycles. The molecular weight excluding hydrogens is 201 g/mol. The van der Waals surface area contributed by atoms with E-state index in [-0.39, 0.29) is 13.1 Å². The first-order valence-corrected chi connectivity index (χ1v) is 4.01. The maximum absolute atomic E-state index is 12.1. The second-order valence-corrected chi connectivity index (χ2v) is 2.88. The Morgan fingerprint density at radius 1 is 1.57 bits per heavy atom. The van der Waals surface area contributed by atoms with Crippen LogP contribution < -0.4 is 16.6 Å². The zero-order valence-corrected chi connectivity index (χ0v) is 7.27. The quantitative estimate of drug-likeness (QED) is 0.376. The largest absolute Gasteiger partial charge is 0.471 e. The molecule has 1 unspecified atom stereocenters. The van der Waals surface area contributed by atoms with E-state index in [1.165, 1.54) is 0 Å². The van der Waals surface area contributed by atoms with Crippen molar-refractivity contribution in [1.82, 2.24) is 15.6 Å². The molecule has 1 heterocycles. The molecule has 0 saturated carbocycles. The highest BCUT2D eigenvalue weighted by Gasteiger charge is 2.44. The van der Waals surface area contributed by atoms with E-state index >= 15 is 0 Å². The van der Waals surface area contributed by atoms with Crippen molar-refractivity contribution >= 4 is 5.91 Å². The number of piperazine rings is 1. The predicted octanol–water partition coefficient (Wildman–Crippen LogP) is -1.23. The molecule has 1 amide bonds. The molecule has 8 heteroatoms. The van der Waals surface area contributed by atoms with Crippen LogP contribution in [0.25, 0.3) is 0 Å². The number of alkyl halides is 3. The highest BCUT2D eigenvalue weighted by atomic mass is 19.4. The summed E-state index contributed by atoms with van der Waals surface area (Å²) >= 11 is 0. The molecule has 1 rings (SSSR count). The summed E-state index contributed by atoms with van der Waals surface area (Å²) in [7, 11) is 0. The Bertz CT molecular complexity index is 220. The zero-order valence-electron chi connectivity index (χ0n) is 7.27. The predicted molar refractivity (Wildman–Crippen MR) is 41.7 cm³/mol. The first kappa shape index (κ1) is 11.2. The number of halogens is 3. The Hall–Kier alpha value is -0.860. The molecular formula is C6H11F3N4O. The Kier molecular flexibility index (Phi) is 3.29. The van der Waals surface area contributed by atoms with Crippen LogP contribution in [0, 0.1) is 0 Å². The molecule has 0 radical (unpaired) electrons. The van der Waals surface area contributed by atoms with Crippen LogP contribution in [0.15, 0.2) is 0 Å². The summed E-state index contributed by atoms with van der Waals surface area (Å²) in [5, 5.41) is 2.82. The summed E-state index contributed by atoms with van der Waals surface area (Å²) in [5.41, 5.74) is 2.15. The molecule has 1 fully saturated rings. The molecule has 82 valence electrons. The number of amides is 1. The second kappa shape index (κ2) is 4.11. The van der Waals surface area contributed by atoms with Gasteiger partial charge in [0.2, 0.25) is 0 Å². The monoisotopic (exact) mass is 212 g/mol. The number of carbonyl (C=O) groups is 1. The molecule has 5 nitrogen and oxygen atoms in total. The van der Waals surface area contributed by atoms with E-state index in [2.05, 4.69) is 10.7 Å². The highest BCUT2D eigenvalue weighted by molar-refractivity contribution is 5.82. The topological polar surface area (TPSA) is 70.4 Å². The van der Waals surface area contributed by atoms with Gasteiger partial charge in [0.15, 0.2) is 0 Å². The summed E-state index contributed by atoms with van der Waals surface area (Å²) in [6.07, 6.45) is -5.65. The Morgan fingerprint density at radius 2 is 2.21 bits per heavy atom. The first-order valence-electron chi connectivity index (χ1n) is 4.01. The van der Waals surface area contributed by atoms with Gasteiger partial charge in [-0.25, -0.2) is 5.43 Å². The maximum atomic E-state index is 12.1. The summed E-state index contributed by atoms with van der Waals surface area (Å²) in [4.78, 5) is 11.5. The minimum Gasteiger partial charge on any atom is -0.316 e. The highest BCUT2D eigenvalue weighted by Crippen LogP contribution is 2.19. The number of hydrazine groups is 1. The minimum atomic E-state index is -4.84. The zero-order chi connectivity index (χ0) is 10.8. The fraction of sp³-hybridized carbons (Fsp3) is 0.833. The number of carbonyl (C=O) groups excluding carboxylic acids is 1. The van der Waals surface area contributed by atoms with Gasteiger partial charge in [0, 0.05) is 19.6 Å². The van der Waals surface area contributed by atoms with E-state index in [9.17, 15) is 18.0 Å². The molecule has 14 heavy (non-hydrogen) atoms. The lowest BCUT2D eigenvalue weighted by atomic mass is 10.3. The molecule has 1 atom stereocenters. The molecule has 1 aliphatic rings. The van der Waals surface area contributed by atoms with Gasteiger partial charge < -0.3 is 10.2 Å². The molecule has 0 aromatic carbocycles. The number of hydrogen-bond donors (Lipinski definition) is 3. The second-order valence-electron chi connectivity index (χ2n) is 2.88. The Morgan fingerprint density at radius 3 is 2.71 bits per heavy atom. The summed E-state index contributed by atoms with van der Waals surface area (Å²) in [6, 6.07) is 0. The average molecular weight is 212 g/mol. The van der Waals surface area contributed by atoms with Crippen molar-refractivity contribution in [1.29, 1.82) is 0 Å². The third kappa shape index (κ3) is 2.34. The van der Waals surface area contributed by atoms with Crippen LogP contribution in [0.4, 0.5) is 13.2 Å². The van der Waals surface area contributed by atoms with Gasteiger partial charge in [0.05, 0.1) is 0 Å². The number of nitrogens with one attached hydrogen (secondary N) is 2. The first-order chi connectivity index (χ1) is 6.46. The van der Waals surface area contributed by atoms with Gasteiger partial charge in [-0.1, -0.05) is 0 Å². The minimum absolute atomic E-state index is 0.00674. The standard InChI is InChI=1S/C6H11F3N4O/c7-6(8,9)5(14)13-2-1-11-3-4(13)12-10/h4,11-12H,1-3,10H2. The van der Waals surface area contributed by atoms with Gasteiger partial charge in [0.25, 0.3) is 0 Å². The summed E-state index contributed by atoms with van der Waals surface area (Å²) < 4.78 is 36.2. The van der Waals surface area contributed by atoms with Crippen LogP contribution in [0.1, 0.15) is 0 Å². The number of nitrogens with zero attached hydrogens (tertiary/aromatic N) is 1. The van der Waals surface area contributed by atoms with Crippen LogP contribution in [0.2, 0.25) is 0 Å². The van der Waals surface area contributed by atoms with E-state index < -0.39 is 18.2 Å². The van der Waals surface area contributed by atoms with Crippen molar-refractivity contribution in [2.24, 2.45) is 5.84 Å². The average Bonchev–Trinajstić information content (AvgIpc) is 2.15. The third-order valence-corrected chi connectivity index (χ3v) is 1.94. The van der Waals surface area contributed by atoms with Gasteiger partial charge in [-0.3, -0.25) is 10.6 Å². The van der Waals surface area contributed by atoms with Crippen molar-refractivity contribution < 1.29 is 18.0 Å². The van der Waals surface area contributed by atoms with Gasteiger partial charge in [-0.2, -0.15) is 13.2 Å². The lowest BCUT2D eigenvalue weighted by molar-refractivity contribution is -0.189. The van der Waals surface area contributed by atoms with Crippen molar-refractivity contribution in [2.75, 3.05) is 19.6 Å². The van der Waals surface area contributed by atoms with E-state index in [0.717, 1.165) is 0 Å². The molecule has 0 bridgehead atoms. The van der Waals surface area contributed by atoms with E-state index in [1.54, 1.807) is 0 Å². The fourth-order valence-electron chi connectivity index (χ4n) is 1.26. The normalized spacial score (nSPS) is 23.7. The lowest BCUT2D eigenvalue weighted by Gasteiger charge is -2.35. The van der Waals surface area contributed by atoms with Gasteiger partial charge in [0.1, 0.15) is 6.17 Å². The van der Waals surface area contributed by atoms with Crippen molar-refractivity contribution in [3.05, 3.63) is 0 Å². The van der Waals surface area contributed by atoms with Gasteiger partial charge in [-0.05, 0) is 0 Å². The molecule has 0 aromatic heterocycles. The fourth-order valence-corrected chi connectivity index (χ4v) is 1.26. The molecule has 0 aliphatic carbocycles. The SMILES string of the molecule is NNC1CNCCN1C(=O)C(F)(F)F. The van der Waals surface area contributed by atoms with Crippen LogP contribution >= 0.6 is 0 Å². The smallest absolute Gasteiger partial charge is 0.316 e. The van der Waals surface area contributed by atoms with Crippen LogP contribution in [-0.4, -0.2) is 42.8 Å². The molecule has 1 aliphatic heterocycles.